The Balaban J connectivity index is 1.11. The smallest absolute Gasteiger partial charge is 0.407 e. The van der Waals surface area contributed by atoms with E-state index in [4.69, 9.17) is 4.74 Å². The molecule has 3 atom stereocenters. The van der Waals surface area contributed by atoms with Crippen LogP contribution in [0.2, 0.25) is 0 Å². The molecule has 0 radical (unpaired) electrons. The van der Waals surface area contributed by atoms with Gasteiger partial charge >= 0.3 is 6.09 Å². The van der Waals surface area contributed by atoms with Crippen molar-refractivity contribution < 1.29 is 22.3 Å². The number of piperidine rings is 1. The zero-order valence-corrected chi connectivity index (χ0v) is 29.8. The lowest BCUT2D eigenvalue weighted by atomic mass is 9.58. The van der Waals surface area contributed by atoms with E-state index in [0.717, 1.165) is 108 Å². The van der Waals surface area contributed by atoms with Crippen molar-refractivity contribution in [2.45, 2.75) is 88.8 Å². The number of amides is 1. The summed E-state index contributed by atoms with van der Waals surface area (Å²) in [5.41, 5.74) is 0.638. The van der Waals surface area contributed by atoms with Crippen molar-refractivity contribution >= 4 is 16.1 Å². The van der Waals surface area contributed by atoms with Crippen LogP contribution in [0.15, 0.2) is 36.7 Å². The number of ether oxygens (including phenoxy) is 1. The number of methoxy groups -OCH3 is 1. The number of rotatable bonds is 12. The molecule has 1 amide bonds. The van der Waals surface area contributed by atoms with Crippen molar-refractivity contribution in [1.29, 1.82) is 0 Å². The standard InChI is InChI=1S/C36H55FN6O4S/c1-26-38-16-19-43(26)25-36(30-6-4-7-31(37)20-30,33-8-5-9-34(33)39-35(44)47-2)29-14-17-41(18-15-29)22-28-23-42(24-28)21-27-10-12-32(13-11-27)40-48(3,45)46/h4,6-7,16,19-20,27-29,32-34,40H,5,8-15,17-18,21-25H2,1-3H3,(H,39,44)/t27?,32?,33-,34-,36-/m0/s1. The number of sulfonamides is 1. The van der Waals surface area contributed by atoms with E-state index in [1.54, 1.807) is 6.07 Å². The first-order valence-electron chi connectivity index (χ1n) is 18.0. The number of carbonyl (C=O) groups excluding carboxylic acids is 1. The summed E-state index contributed by atoms with van der Waals surface area (Å²) in [5.74, 6) is 2.50. The molecule has 3 heterocycles. The van der Waals surface area contributed by atoms with Crippen LogP contribution >= 0.6 is 0 Å². The highest BCUT2D eigenvalue weighted by atomic mass is 32.2. The maximum absolute atomic E-state index is 15.0. The lowest BCUT2D eigenvalue weighted by molar-refractivity contribution is 0.0210. The molecule has 1 aromatic heterocycles. The quantitative estimate of drug-likeness (QED) is 0.338. The molecule has 2 aliphatic carbocycles. The number of nitrogens with zero attached hydrogens (tertiary/aromatic N) is 4. The van der Waals surface area contributed by atoms with Crippen LogP contribution in [0.1, 0.15) is 69.2 Å². The van der Waals surface area contributed by atoms with Crippen LogP contribution in [0.3, 0.4) is 0 Å². The molecule has 0 bridgehead atoms. The highest BCUT2D eigenvalue weighted by molar-refractivity contribution is 7.88. The van der Waals surface area contributed by atoms with Gasteiger partial charge in [0.15, 0.2) is 0 Å². The molecule has 4 aliphatic rings. The Morgan fingerprint density at radius 1 is 1.02 bits per heavy atom. The summed E-state index contributed by atoms with van der Waals surface area (Å²) in [6, 6.07) is 7.26. The van der Waals surface area contributed by atoms with E-state index in [0.29, 0.717) is 24.3 Å². The van der Waals surface area contributed by atoms with Crippen molar-refractivity contribution in [1.82, 2.24) is 29.4 Å². The summed E-state index contributed by atoms with van der Waals surface area (Å²) in [5, 5.41) is 3.17. The van der Waals surface area contributed by atoms with E-state index in [1.807, 2.05) is 25.4 Å². The average Bonchev–Trinajstić information content (AvgIpc) is 3.67. The number of alkyl carbamates (subject to hydrolysis) is 1. The van der Waals surface area contributed by atoms with Crippen molar-refractivity contribution in [3.8, 4) is 0 Å². The van der Waals surface area contributed by atoms with Gasteiger partial charge in [-0.05, 0) is 113 Å². The number of imidazole rings is 1. The fourth-order valence-corrected chi connectivity index (χ4v) is 10.6. The monoisotopic (exact) mass is 686 g/mol. The SMILES string of the molecule is COC(=O)N[C@H]1CCC[C@@H]1[C@](Cn1ccnc1C)(c1cccc(F)c1)C1CCN(CC2CN(CC3CCC(NS(C)(=O)=O)CC3)C2)CC1. The summed E-state index contributed by atoms with van der Waals surface area (Å²) in [6.07, 6.45) is 13.7. The molecule has 12 heteroatoms. The number of hydrogen-bond donors (Lipinski definition) is 2. The maximum atomic E-state index is 15.0. The molecule has 0 spiro atoms. The van der Waals surface area contributed by atoms with Crippen molar-refractivity contribution in [3.63, 3.8) is 0 Å². The van der Waals surface area contributed by atoms with Crippen LogP contribution in [-0.2, 0) is 26.7 Å². The van der Waals surface area contributed by atoms with Gasteiger partial charge in [0, 0.05) is 62.6 Å². The van der Waals surface area contributed by atoms with Gasteiger partial charge in [-0.1, -0.05) is 18.6 Å². The second kappa shape index (κ2) is 15.1. The number of nitrogens with one attached hydrogen (secondary N) is 2. The van der Waals surface area contributed by atoms with E-state index >= 15 is 4.39 Å². The van der Waals surface area contributed by atoms with Crippen molar-refractivity contribution in [3.05, 3.63) is 53.9 Å². The summed E-state index contributed by atoms with van der Waals surface area (Å²) < 4.78 is 48.3. The Kier molecular flexibility index (Phi) is 11.1. The van der Waals surface area contributed by atoms with Crippen LogP contribution in [0.5, 0.6) is 0 Å². The Labute approximate surface area is 286 Å². The second-order valence-electron chi connectivity index (χ2n) is 15.2. The molecule has 266 valence electrons. The minimum absolute atomic E-state index is 0.0467. The number of benzene rings is 1. The Hall–Kier alpha value is -2.54. The largest absolute Gasteiger partial charge is 0.453 e. The Morgan fingerprint density at radius 2 is 1.75 bits per heavy atom. The first-order chi connectivity index (χ1) is 23.0. The first-order valence-corrected chi connectivity index (χ1v) is 19.9. The molecular weight excluding hydrogens is 631 g/mol. The molecular formula is C36H55FN6O4S. The molecule has 2 saturated carbocycles. The predicted octanol–water partition coefficient (Wildman–Crippen LogP) is 4.55. The van der Waals surface area contributed by atoms with E-state index in [2.05, 4.69) is 35.5 Å². The minimum Gasteiger partial charge on any atom is -0.453 e. The lowest BCUT2D eigenvalue weighted by Gasteiger charge is -2.51. The van der Waals surface area contributed by atoms with Gasteiger partial charge in [0.1, 0.15) is 11.6 Å². The van der Waals surface area contributed by atoms with Crippen LogP contribution < -0.4 is 10.0 Å². The fraction of sp³-hybridized carbons (Fsp3) is 0.722. The minimum atomic E-state index is -3.14. The van der Waals surface area contributed by atoms with Gasteiger partial charge in [-0.25, -0.2) is 27.3 Å². The molecule has 48 heavy (non-hydrogen) atoms. The van der Waals surface area contributed by atoms with E-state index in [9.17, 15) is 13.2 Å². The molecule has 2 aromatic rings. The Morgan fingerprint density at radius 3 is 2.40 bits per heavy atom. The topological polar surface area (TPSA) is 109 Å². The van der Waals surface area contributed by atoms with Gasteiger partial charge in [0.2, 0.25) is 10.0 Å². The number of hydrogen-bond acceptors (Lipinski definition) is 7. The fourth-order valence-electron chi connectivity index (χ4n) is 9.75. The van der Waals surface area contributed by atoms with Gasteiger partial charge in [-0.2, -0.15) is 0 Å². The normalized spacial score (nSPS) is 27.8. The van der Waals surface area contributed by atoms with Crippen LogP contribution in [0, 0.1) is 36.4 Å². The number of aromatic nitrogens is 2. The lowest BCUT2D eigenvalue weighted by Crippen LogP contribution is -2.56. The average molecular weight is 687 g/mol. The predicted molar refractivity (Wildman–Crippen MR) is 185 cm³/mol. The van der Waals surface area contributed by atoms with Crippen molar-refractivity contribution in [2.24, 2.45) is 23.7 Å². The zero-order chi connectivity index (χ0) is 33.9. The van der Waals surface area contributed by atoms with Crippen LogP contribution in [-0.4, -0.2) is 98.6 Å². The third-order valence-electron chi connectivity index (χ3n) is 12.0. The number of aryl methyl sites for hydroxylation is 1. The highest BCUT2D eigenvalue weighted by Crippen LogP contribution is 2.52. The Bertz CT molecular complexity index is 1480. The van der Waals surface area contributed by atoms with Gasteiger partial charge in [0.25, 0.3) is 0 Å². The third-order valence-corrected chi connectivity index (χ3v) is 12.8. The molecule has 0 unspecified atom stereocenters. The van der Waals surface area contributed by atoms with Gasteiger partial charge in [0.05, 0.1) is 13.4 Å². The molecule has 1 aromatic carbocycles. The highest BCUT2D eigenvalue weighted by Gasteiger charge is 2.52. The molecule has 2 N–H and O–H groups in total. The number of carbonyl (C=O) groups is 1. The van der Waals surface area contributed by atoms with E-state index in [1.165, 1.54) is 19.4 Å². The summed E-state index contributed by atoms with van der Waals surface area (Å²) >= 11 is 0. The summed E-state index contributed by atoms with van der Waals surface area (Å²) in [6.45, 7) is 9.26. The van der Waals surface area contributed by atoms with Crippen LogP contribution in [0.4, 0.5) is 9.18 Å². The van der Waals surface area contributed by atoms with E-state index in [-0.39, 0.29) is 29.2 Å². The summed E-state index contributed by atoms with van der Waals surface area (Å²) in [4.78, 5) is 22.3. The maximum Gasteiger partial charge on any atom is 0.407 e. The third kappa shape index (κ3) is 8.25. The van der Waals surface area contributed by atoms with Gasteiger partial charge < -0.3 is 24.4 Å². The number of likely N-dealkylation sites (tertiary alicyclic amines) is 2. The van der Waals surface area contributed by atoms with Gasteiger partial charge in [-0.15, -0.1) is 0 Å². The molecule has 4 fully saturated rings. The van der Waals surface area contributed by atoms with Crippen LogP contribution in [0.25, 0.3) is 0 Å². The second-order valence-corrected chi connectivity index (χ2v) is 17.0. The zero-order valence-electron chi connectivity index (χ0n) is 28.9. The van der Waals surface area contributed by atoms with E-state index < -0.39 is 16.1 Å². The van der Waals surface area contributed by atoms with Gasteiger partial charge in [-0.3, -0.25) is 0 Å². The summed E-state index contributed by atoms with van der Waals surface area (Å²) in [7, 11) is -1.72. The van der Waals surface area contributed by atoms with Crippen molar-refractivity contribution in [2.75, 3.05) is 52.6 Å². The molecule has 6 rings (SSSR count). The first kappa shape index (κ1) is 35.3. The molecule has 10 nitrogen and oxygen atoms in total. The molecule has 2 aliphatic heterocycles. The molecule has 2 saturated heterocycles. The number of halogens is 1.